The van der Waals surface area contributed by atoms with Gasteiger partial charge in [-0.25, -0.2) is 4.79 Å². The molecule has 0 unspecified atom stereocenters. The van der Waals surface area contributed by atoms with Gasteiger partial charge in [0.05, 0.1) is 13.2 Å². The molecule has 0 aliphatic carbocycles. The lowest BCUT2D eigenvalue weighted by Crippen LogP contribution is -2.59. The summed E-state index contributed by atoms with van der Waals surface area (Å²) in [6, 6.07) is 0. The highest BCUT2D eigenvalue weighted by molar-refractivity contribution is 5.86. The summed E-state index contributed by atoms with van der Waals surface area (Å²) < 4.78 is 15.0. The zero-order valence-electron chi connectivity index (χ0n) is 11.1. The van der Waals surface area contributed by atoms with Crippen molar-refractivity contribution >= 4 is 5.97 Å². The van der Waals surface area contributed by atoms with Gasteiger partial charge in [0, 0.05) is 5.57 Å². The van der Waals surface area contributed by atoms with E-state index in [0.717, 1.165) is 0 Å². The van der Waals surface area contributed by atoms with Crippen LogP contribution < -0.4 is 0 Å². The van der Waals surface area contributed by atoms with E-state index in [1.165, 1.54) is 6.92 Å². The summed E-state index contributed by atoms with van der Waals surface area (Å²) in [6.45, 7) is 4.21. The van der Waals surface area contributed by atoms with Crippen LogP contribution in [0.25, 0.3) is 0 Å². The van der Waals surface area contributed by atoms with Crippen molar-refractivity contribution in [2.24, 2.45) is 0 Å². The molecular formula is C12H20O8. The molecule has 0 aromatic rings. The fourth-order valence-corrected chi connectivity index (χ4v) is 1.63. The summed E-state index contributed by atoms with van der Waals surface area (Å²) in [7, 11) is 0. The Labute approximate surface area is 116 Å². The molecule has 1 aliphatic heterocycles. The molecule has 1 heterocycles. The molecule has 1 fully saturated rings. The maximum atomic E-state index is 11.1. The number of carbonyl (C=O) groups is 1. The second-order valence-corrected chi connectivity index (χ2v) is 4.48. The minimum atomic E-state index is -1.50. The van der Waals surface area contributed by atoms with Crippen molar-refractivity contribution in [3.8, 4) is 0 Å². The molecule has 0 bridgehead atoms. The van der Waals surface area contributed by atoms with Crippen LogP contribution in [-0.4, -0.2) is 76.9 Å². The summed E-state index contributed by atoms with van der Waals surface area (Å²) >= 11 is 0. The monoisotopic (exact) mass is 292 g/mol. The fourth-order valence-electron chi connectivity index (χ4n) is 1.63. The predicted molar refractivity (Wildman–Crippen MR) is 65.5 cm³/mol. The summed E-state index contributed by atoms with van der Waals surface area (Å²) in [5.74, 6) is -0.567. The second kappa shape index (κ2) is 7.67. The van der Waals surface area contributed by atoms with Crippen LogP contribution in [0.2, 0.25) is 0 Å². The van der Waals surface area contributed by atoms with E-state index in [1.807, 2.05) is 0 Å². The van der Waals surface area contributed by atoms with Gasteiger partial charge in [-0.3, -0.25) is 0 Å². The summed E-state index contributed by atoms with van der Waals surface area (Å²) in [4.78, 5) is 11.1. The number of carbonyl (C=O) groups excluding carboxylic acids is 1. The van der Waals surface area contributed by atoms with Crippen molar-refractivity contribution in [3.05, 3.63) is 12.2 Å². The molecule has 0 radical (unpaired) electrons. The average Bonchev–Trinajstić information content (AvgIpc) is 2.42. The maximum absolute atomic E-state index is 11.1. The Morgan fingerprint density at radius 1 is 1.20 bits per heavy atom. The van der Waals surface area contributed by atoms with Crippen molar-refractivity contribution in [1.29, 1.82) is 0 Å². The summed E-state index contributed by atoms with van der Waals surface area (Å²) in [5.41, 5.74) is 0.248. The summed E-state index contributed by atoms with van der Waals surface area (Å²) in [6.07, 6.45) is -6.66. The van der Waals surface area contributed by atoms with Crippen LogP contribution in [-0.2, 0) is 19.0 Å². The Hall–Kier alpha value is -1.03. The smallest absolute Gasteiger partial charge is 0.333 e. The van der Waals surface area contributed by atoms with Crippen LogP contribution in [0, 0.1) is 0 Å². The normalized spacial score (nSPS) is 33.8. The van der Waals surface area contributed by atoms with Gasteiger partial charge in [-0.2, -0.15) is 0 Å². The maximum Gasteiger partial charge on any atom is 0.333 e. The molecule has 1 rings (SSSR count). The van der Waals surface area contributed by atoms with E-state index in [-0.39, 0.29) is 18.8 Å². The highest BCUT2D eigenvalue weighted by Crippen LogP contribution is 2.21. The Morgan fingerprint density at radius 2 is 1.85 bits per heavy atom. The van der Waals surface area contributed by atoms with Crippen LogP contribution in [0.1, 0.15) is 6.92 Å². The molecule has 1 aliphatic rings. The second-order valence-electron chi connectivity index (χ2n) is 4.48. The topological polar surface area (TPSA) is 126 Å². The number of aliphatic hydroxyl groups is 4. The third-order valence-corrected chi connectivity index (χ3v) is 2.80. The average molecular weight is 292 g/mol. The van der Waals surface area contributed by atoms with E-state index < -0.39 is 43.3 Å². The molecule has 0 aromatic heterocycles. The molecule has 0 spiro atoms. The van der Waals surface area contributed by atoms with Gasteiger partial charge >= 0.3 is 5.97 Å². The van der Waals surface area contributed by atoms with Crippen molar-refractivity contribution in [1.82, 2.24) is 0 Å². The minimum Gasteiger partial charge on any atom is -0.460 e. The molecule has 0 amide bonds. The first-order valence-electron chi connectivity index (χ1n) is 6.13. The molecule has 4 N–H and O–H groups in total. The molecule has 0 saturated carbocycles. The van der Waals surface area contributed by atoms with Gasteiger partial charge in [-0.05, 0) is 6.92 Å². The largest absolute Gasteiger partial charge is 0.460 e. The SMILES string of the molecule is C=C(C)C(=O)OCCO[C@H]1O[C@H](CO)[C@H](O)[C@H](O)[C@H]1O. The van der Waals surface area contributed by atoms with Crippen molar-refractivity contribution in [2.75, 3.05) is 19.8 Å². The number of aliphatic hydroxyl groups excluding tert-OH is 4. The van der Waals surface area contributed by atoms with E-state index >= 15 is 0 Å². The first-order valence-corrected chi connectivity index (χ1v) is 6.13. The lowest BCUT2D eigenvalue weighted by molar-refractivity contribution is -0.302. The molecular weight excluding hydrogens is 272 g/mol. The first kappa shape index (κ1) is 17.0. The fraction of sp³-hybridized carbons (Fsp3) is 0.750. The Bertz CT molecular complexity index is 342. The van der Waals surface area contributed by atoms with E-state index in [2.05, 4.69) is 6.58 Å². The van der Waals surface area contributed by atoms with Crippen LogP contribution in [0.4, 0.5) is 0 Å². The Morgan fingerprint density at radius 3 is 2.40 bits per heavy atom. The lowest BCUT2D eigenvalue weighted by Gasteiger charge is -2.39. The first-order chi connectivity index (χ1) is 9.38. The van der Waals surface area contributed by atoms with Crippen LogP contribution in [0.15, 0.2) is 12.2 Å². The number of hydrogen-bond acceptors (Lipinski definition) is 8. The number of esters is 1. The predicted octanol–water partition coefficient (Wildman–Crippen LogP) is -2.08. The van der Waals surface area contributed by atoms with Gasteiger partial charge in [0.1, 0.15) is 31.0 Å². The van der Waals surface area contributed by atoms with E-state index in [4.69, 9.17) is 19.3 Å². The molecule has 8 heteroatoms. The van der Waals surface area contributed by atoms with Crippen molar-refractivity contribution in [3.63, 3.8) is 0 Å². The van der Waals surface area contributed by atoms with Gasteiger partial charge in [0.25, 0.3) is 0 Å². The van der Waals surface area contributed by atoms with Gasteiger partial charge in [0.15, 0.2) is 6.29 Å². The quantitative estimate of drug-likeness (QED) is 0.250. The van der Waals surface area contributed by atoms with Gasteiger partial charge in [0.2, 0.25) is 0 Å². The third kappa shape index (κ3) is 4.23. The standard InChI is InChI=1S/C12H20O8/c1-6(2)11(17)18-3-4-19-12-10(16)9(15)8(14)7(5-13)20-12/h7-10,12-16H,1,3-5H2,2H3/t7-,8+,9+,10-,12+/m1/s1. The van der Waals surface area contributed by atoms with Crippen LogP contribution in [0.5, 0.6) is 0 Å². The zero-order valence-corrected chi connectivity index (χ0v) is 11.1. The van der Waals surface area contributed by atoms with Crippen molar-refractivity contribution < 1.29 is 39.4 Å². The zero-order chi connectivity index (χ0) is 15.3. The number of hydrogen-bond donors (Lipinski definition) is 4. The molecule has 116 valence electrons. The van der Waals surface area contributed by atoms with E-state index in [1.54, 1.807) is 0 Å². The molecule has 20 heavy (non-hydrogen) atoms. The summed E-state index contributed by atoms with van der Waals surface area (Å²) in [5, 5.41) is 37.7. The Balaban J connectivity index is 2.39. The highest BCUT2D eigenvalue weighted by Gasteiger charge is 2.43. The Kier molecular flexibility index (Phi) is 6.53. The van der Waals surface area contributed by atoms with Crippen molar-refractivity contribution in [2.45, 2.75) is 37.6 Å². The molecule has 1 saturated heterocycles. The van der Waals surface area contributed by atoms with Gasteiger partial charge in [-0.1, -0.05) is 6.58 Å². The number of ether oxygens (including phenoxy) is 3. The van der Waals surface area contributed by atoms with Gasteiger partial charge < -0.3 is 34.6 Å². The van der Waals surface area contributed by atoms with Crippen LogP contribution in [0.3, 0.4) is 0 Å². The highest BCUT2D eigenvalue weighted by atomic mass is 16.7. The lowest BCUT2D eigenvalue weighted by atomic mass is 9.99. The number of rotatable bonds is 6. The van der Waals surface area contributed by atoms with Gasteiger partial charge in [-0.15, -0.1) is 0 Å². The van der Waals surface area contributed by atoms with E-state index in [0.29, 0.717) is 0 Å². The van der Waals surface area contributed by atoms with Crippen LogP contribution >= 0.6 is 0 Å². The molecule has 8 nitrogen and oxygen atoms in total. The van der Waals surface area contributed by atoms with E-state index in [9.17, 15) is 20.1 Å². The molecule has 5 atom stereocenters. The minimum absolute atomic E-state index is 0.0816. The third-order valence-electron chi connectivity index (χ3n) is 2.80. The molecule has 0 aromatic carbocycles.